The zero-order chi connectivity index (χ0) is 16.1. The first-order valence-electron chi connectivity index (χ1n) is 7.81. The molecule has 5 heteroatoms. The number of hydrogen-bond acceptors (Lipinski definition) is 3. The number of amides is 2. The maximum atomic E-state index is 12.6. The number of aryl methyl sites for hydroxylation is 1. The monoisotopic (exact) mass is 303 g/mol. The van der Waals surface area contributed by atoms with E-state index in [0.717, 1.165) is 30.8 Å². The summed E-state index contributed by atoms with van der Waals surface area (Å²) in [5.41, 5.74) is 2.13. The van der Waals surface area contributed by atoms with Crippen LogP contribution in [-0.4, -0.2) is 42.4 Å². The lowest BCUT2D eigenvalue weighted by Crippen LogP contribution is -2.52. The highest BCUT2D eigenvalue weighted by atomic mass is 16.2. The van der Waals surface area contributed by atoms with Crippen LogP contribution in [0.25, 0.3) is 0 Å². The summed E-state index contributed by atoms with van der Waals surface area (Å²) in [5, 5.41) is 6.18. The third kappa shape index (κ3) is 4.31. The highest BCUT2D eigenvalue weighted by Crippen LogP contribution is 2.20. The summed E-state index contributed by atoms with van der Waals surface area (Å²) in [6.07, 6.45) is 0.299. The lowest BCUT2D eigenvalue weighted by molar-refractivity contribution is -0.134. The van der Waals surface area contributed by atoms with Gasteiger partial charge in [0.05, 0.1) is 12.5 Å². The van der Waals surface area contributed by atoms with E-state index in [4.69, 9.17) is 0 Å². The van der Waals surface area contributed by atoms with Gasteiger partial charge in [-0.2, -0.15) is 0 Å². The van der Waals surface area contributed by atoms with E-state index in [-0.39, 0.29) is 23.9 Å². The largest absolute Gasteiger partial charge is 0.349 e. The average Bonchev–Trinajstić information content (AvgIpc) is 2.47. The van der Waals surface area contributed by atoms with Crippen molar-refractivity contribution in [3.05, 3.63) is 35.4 Å². The molecule has 0 spiro atoms. The lowest BCUT2D eigenvalue weighted by atomic mass is 10.0. The molecule has 2 amide bonds. The summed E-state index contributed by atoms with van der Waals surface area (Å²) < 4.78 is 0. The second-order valence-corrected chi connectivity index (χ2v) is 6.01. The molecule has 2 atom stereocenters. The van der Waals surface area contributed by atoms with E-state index in [1.807, 2.05) is 43.0 Å². The molecule has 1 aromatic carbocycles. The molecule has 22 heavy (non-hydrogen) atoms. The third-order valence-corrected chi connectivity index (χ3v) is 4.06. The fraction of sp³-hybridized carbons (Fsp3) is 0.529. The van der Waals surface area contributed by atoms with Crippen LogP contribution in [0.4, 0.5) is 0 Å². The second kappa shape index (κ2) is 7.40. The number of rotatable bonds is 4. The van der Waals surface area contributed by atoms with Crippen LogP contribution in [-0.2, 0) is 9.59 Å². The average molecular weight is 303 g/mol. The first-order valence-corrected chi connectivity index (χ1v) is 7.81. The molecule has 1 aliphatic heterocycles. The number of nitrogens with zero attached hydrogens (tertiary/aromatic N) is 1. The van der Waals surface area contributed by atoms with Gasteiger partial charge in [0, 0.05) is 32.6 Å². The smallest absolute Gasteiger partial charge is 0.225 e. The highest BCUT2D eigenvalue weighted by Gasteiger charge is 2.26. The maximum absolute atomic E-state index is 12.6. The van der Waals surface area contributed by atoms with Gasteiger partial charge in [-0.1, -0.05) is 29.8 Å². The molecule has 120 valence electrons. The van der Waals surface area contributed by atoms with Crippen LogP contribution in [0.2, 0.25) is 0 Å². The van der Waals surface area contributed by atoms with Crippen LogP contribution in [0.15, 0.2) is 24.3 Å². The van der Waals surface area contributed by atoms with E-state index in [1.54, 1.807) is 0 Å². The summed E-state index contributed by atoms with van der Waals surface area (Å²) >= 11 is 0. The first-order chi connectivity index (χ1) is 10.5. The minimum Gasteiger partial charge on any atom is -0.349 e. The number of nitrogens with one attached hydrogen (secondary N) is 2. The van der Waals surface area contributed by atoms with Gasteiger partial charge in [-0.05, 0) is 19.4 Å². The maximum Gasteiger partial charge on any atom is 0.225 e. The molecule has 1 saturated heterocycles. The first kappa shape index (κ1) is 16.5. The van der Waals surface area contributed by atoms with Gasteiger partial charge in [-0.3, -0.25) is 9.59 Å². The van der Waals surface area contributed by atoms with Crippen LogP contribution in [0.1, 0.15) is 37.4 Å². The number of carbonyl (C=O) groups is 2. The van der Waals surface area contributed by atoms with E-state index >= 15 is 0 Å². The van der Waals surface area contributed by atoms with Gasteiger partial charge in [0.2, 0.25) is 11.8 Å². The Hall–Kier alpha value is -1.88. The van der Waals surface area contributed by atoms with Crippen molar-refractivity contribution in [2.24, 2.45) is 0 Å². The number of carbonyl (C=O) groups excluding carboxylic acids is 2. The van der Waals surface area contributed by atoms with Crippen LogP contribution >= 0.6 is 0 Å². The van der Waals surface area contributed by atoms with E-state index in [0.29, 0.717) is 6.42 Å². The van der Waals surface area contributed by atoms with Gasteiger partial charge in [-0.15, -0.1) is 0 Å². The van der Waals surface area contributed by atoms with E-state index in [9.17, 15) is 9.59 Å². The van der Waals surface area contributed by atoms with Crippen molar-refractivity contribution in [1.82, 2.24) is 15.5 Å². The van der Waals surface area contributed by atoms with E-state index < -0.39 is 0 Å². The van der Waals surface area contributed by atoms with E-state index in [2.05, 4.69) is 10.6 Å². The highest BCUT2D eigenvalue weighted by molar-refractivity contribution is 5.79. The van der Waals surface area contributed by atoms with Crippen molar-refractivity contribution in [2.45, 2.75) is 39.3 Å². The SMILES string of the molecule is CC(=O)NC(CC(=O)N1CCNC[C@H]1C)c1ccc(C)cc1. The molecule has 0 radical (unpaired) electrons. The standard InChI is InChI=1S/C17H25N3O2/c1-12-4-6-15(7-5-12)16(19-14(3)21)10-17(22)20-9-8-18-11-13(20)2/h4-7,13,16,18H,8-11H2,1-3H3,(H,19,21)/t13-,16?/m1/s1. The zero-order valence-electron chi connectivity index (χ0n) is 13.6. The Bertz CT molecular complexity index is 527. The predicted molar refractivity (Wildman–Crippen MR) is 86.4 cm³/mol. The predicted octanol–water partition coefficient (Wildman–Crippen LogP) is 1.38. The third-order valence-electron chi connectivity index (χ3n) is 4.06. The molecule has 2 N–H and O–H groups in total. The molecule has 1 fully saturated rings. The van der Waals surface area contributed by atoms with Gasteiger partial charge in [0.1, 0.15) is 0 Å². The van der Waals surface area contributed by atoms with Gasteiger partial charge >= 0.3 is 0 Å². The fourth-order valence-corrected chi connectivity index (χ4v) is 2.80. The fourth-order valence-electron chi connectivity index (χ4n) is 2.80. The molecule has 0 aromatic heterocycles. The van der Waals surface area contributed by atoms with Gasteiger partial charge in [0.25, 0.3) is 0 Å². The number of piperazine rings is 1. The van der Waals surface area contributed by atoms with Crippen LogP contribution in [0.5, 0.6) is 0 Å². The van der Waals surface area contributed by atoms with Crippen LogP contribution in [0, 0.1) is 6.92 Å². The molecule has 1 heterocycles. The van der Waals surface area contributed by atoms with Crippen molar-refractivity contribution >= 4 is 11.8 Å². The molecule has 0 bridgehead atoms. The minimum absolute atomic E-state index is 0.0910. The van der Waals surface area contributed by atoms with Crippen molar-refractivity contribution < 1.29 is 9.59 Å². The quantitative estimate of drug-likeness (QED) is 0.883. The molecular weight excluding hydrogens is 278 g/mol. The van der Waals surface area contributed by atoms with Crippen molar-refractivity contribution in [2.75, 3.05) is 19.6 Å². The van der Waals surface area contributed by atoms with Crippen molar-refractivity contribution in [1.29, 1.82) is 0 Å². The Balaban J connectivity index is 2.10. The normalized spacial score (nSPS) is 19.6. The zero-order valence-corrected chi connectivity index (χ0v) is 13.6. The Morgan fingerprint density at radius 1 is 1.36 bits per heavy atom. The molecular formula is C17H25N3O2. The summed E-state index contributed by atoms with van der Waals surface area (Å²) in [4.78, 5) is 26.0. The summed E-state index contributed by atoms with van der Waals surface area (Å²) in [6.45, 7) is 7.92. The topological polar surface area (TPSA) is 61.4 Å². The van der Waals surface area contributed by atoms with Crippen LogP contribution < -0.4 is 10.6 Å². The Morgan fingerprint density at radius 2 is 2.05 bits per heavy atom. The molecule has 0 saturated carbocycles. The lowest BCUT2D eigenvalue weighted by Gasteiger charge is -2.35. The summed E-state index contributed by atoms with van der Waals surface area (Å²) in [5.74, 6) is -0.0277. The Morgan fingerprint density at radius 3 is 2.64 bits per heavy atom. The van der Waals surface area contributed by atoms with Crippen LogP contribution in [0.3, 0.4) is 0 Å². The van der Waals surface area contributed by atoms with Gasteiger partial charge < -0.3 is 15.5 Å². The molecule has 1 aliphatic rings. The summed E-state index contributed by atoms with van der Waals surface area (Å²) in [7, 11) is 0. The Kier molecular flexibility index (Phi) is 5.55. The number of hydrogen-bond donors (Lipinski definition) is 2. The molecule has 0 aliphatic carbocycles. The van der Waals surface area contributed by atoms with Crippen molar-refractivity contribution in [3.63, 3.8) is 0 Å². The minimum atomic E-state index is -0.271. The molecule has 1 aromatic rings. The van der Waals surface area contributed by atoms with Crippen molar-refractivity contribution in [3.8, 4) is 0 Å². The Labute approximate surface area is 132 Å². The number of benzene rings is 1. The van der Waals surface area contributed by atoms with Gasteiger partial charge in [-0.25, -0.2) is 0 Å². The molecule has 2 rings (SSSR count). The van der Waals surface area contributed by atoms with E-state index in [1.165, 1.54) is 6.92 Å². The van der Waals surface area contributed by atoms with Gasteiger partial charge in [0.15, 0.2) is 0 Å². The molecule has 5 nitrogen and oxygen atoms in total. The summed E-state index contributed by atoms with van der Waals surface area (Å²) in [6, 6.07) is 7.88. The molecule has 1 unspecified atom stereocenters. The second-order valence-electron chi connectivity index (χ2n) is 6.01.